The standard InChI is InChI=1S/C20H19F6N5O3/c21-19(22,23)16(20(24,25)26)34-17(33)30-8-4-18(5-9-30)10-13(18)15(32)29-12-2-3-14(27-11-12)31-7-1-6-28-31/h1-3,6-7,11,13,16H,4-5,8-10H2,(H,29,32)/t13-/m0/s1. The van der Waals surface area contributed by atoms with Gasteiger partial charge in [0.2, 0.25) is 5.91 Å². The van der Waals surface area contributed by atoms with Crippen LogP contribution in [0.5, 0.6) is 0 Å². The molecule has 2 amide bonds. The van der Waals surface area contributed by atoms with Gasteiger partial charge in [-0.15, -0.1) is 0 Å². The van der Waals surface area contributed by atoms with Gasteiger partial charge in [-0.3, -0.25) is 4.79 Å². The van der Waals surface area contributed by atoms with E-state index in [1.165, 1.54) is 6.20 Å². The van der Waals surface area contributed by atoms with Crippen molar-refractivity contribution < 1.29 is 40.7 Å². The molecular weight excluding hydrogens is 472 g/mol. The highest BCUT2D eigenvalue weighted by Gasteiger charge is 2.61. The van der Waals surface area contributed by atoms with Crippen molar-refractivity contribution in [2.45, 2.75) is 37.7 Å². The summed E-state index contributed by atoms with van der Waals surface area (Å²) in [6.45, 7) is -0.212. The fourth-order valence-electron chi connectivity index (χ4n) is 4.13. The fraction of sp³-hybridized carbons (Fsp3) is 0.500. The van der Waals surface area contributed by atoms with E-state index in [9.17, 15) is 35.9 Å². The van der Waals surface area contributed by atoms with Crippen LogP contribution >= 0.6 is 0 Å². The molecule has 1 N–H and O–H groups in total. The molecule has 1 aliphatic heterocycles. The van der Waals surface area contributed by atoms with E-state index in [0.717, 1.165) is 4.90 Å². The topological polar surface area (TPSA) is 89.4 Å². The van der Waals surface area contributed by atoms with Crippen molar-refractivity contribution >= 4 is 17.7 Å². The summed E-state index contributed by atoms with van der Waals surface area (Å²) in [5.41, 5.74) is 0.0193. The Hall–Kier alpha value is -3.32. The summed E-state index contributed by atoms with van der Waals surface area (Å²) >= 11 is 0. The van der Waals surface area contributed by atoms with Crippen molar-refractivity contribution in [3.8, 4) is 5.82 Å². The Balaban J connectivity index is 1.29. The van der Waals surface area contributed by atoms with Gasteiger partial charge in [0, 0.05) is 31.4 Å². The Morgan fingerprint density at radius 2 is 1.79 bits per heavy atom. The molecule has 2 aromatic rings. The molecule has 0 aromatic carbocycles. The van der Waals surface area contributed by atoms with Crippen molar-refractivity contribution in [2.24, 2.45) is 11.3 Å². The van der Waals surface area contributed by atoms with Gasteiger partial charge in [0.25, 0.3) is 6.10 Å². The molecule has 1 saturated carbocycles. The smallest absolute Gasteiger partial charge is 0.426 e. The average Bonchev–Trinajstić information content (AvgIpc) is 3.18. The molecule has 0 radical (unpaired) electrons. The van der Waals surface area contributed by atoms with Crippen LogP contribution in [0.1, 0.15) is 19.3 Å². The number of halogens is 6. The van der Waals surface area contributed by atoms with Crippen LogP contribution in [0.25, 0.3) is 5.82 Å². The first kappa shape index (κ1) is 23.8. The Kier molecular flexibility index (Phi) is 5.94. The second-order valence-electron chi connectivity index (χ2n) is 8.30. The number of ether oxygens (including phenoxy) is 1. The highest BCUT2D eigenvalue weighted by atomic mass is 19.4. The van der Waals surface area contributed by atoms with E-state index in [0.29, 0.717) is 17.9 Å². The summed E-state index contributed by atoms with van der Waals surface area (Å²) in [5, 5.41) is 6.80. The molecule has 3 heterocycles. The Morgan fingerprint density at radius 1 is 1.12 bits per heavy atom. The number of alkyl halides is 6. The molecule has 0 unspecified atom stereocenters. The SMILES string of the molecule is O=C(Nc1ccc(-n2cccn2)nc1)[C@@H]1CC12CCN(C(=O)OC(C(F)(F)F)C(F)(F)F)CC2. The molecule has 2 aliphatic rings. The van der Waals surface area contributed by atoms with Gasteiger partial charge in [-0.05, 0) is 42.9 Å². The molecule has 2 aromatic heterocycles. The quantitative estimate of drug-likeness (QED) is 0.655. The average molecular weight is 491 g/mol. The number of rotatable bonds is 4. The number of nitrogens with one attached hydrogen (secondary N) is 1. The number of pyridine rings is 1. The maximum Gasteiger partial charge on any atom is 0.434 e. The maximum absolute atomic E-state index is 12.6. The molecule has 1 atom stereocenters. The van der Waals surface area contributed by atoms with E-state index >= 15 is 0 Å². The van der Waals surface area contributed by atoms with Gasteiger partial charge in [0.1, 0.15) is 0 Å². The normalized spacial score (nSPS) is 19.9. The van der Waals surface area contributed by atoms with E-state index in [1.807, 2.05) is 0 Å². The molecule has 8 nitrogen and oxygen atoms in total. The Bertz CT molecular complexity index is 1020. The predicted octanol–water partition coefficient (Wildman–Crippen LogP) is 3.94. The third-order valence-corrected chi connectivity index (χ3v) is 6.09. The minimum atomic E-state index is -5.77. The summed E-state index contributed by atoms with van der Waals surface area (Å²) in [7, 11) is 0. The van der Waals surface area contributed by atoms with Crippen LogP contribution in [0.15, 0.2) is 36.8 Å². The third kappa shape index (κ3) is 4.94. The lowest BCUT2D eigenvalue weighted by Crippen LogP contribution is -2.49. The van der Waals surface area contributed by atoms with Crippen molar-refractivity contribution in [3.05, 3.63) is 36.8 Å². The van der Waals surface area contributed by atoms with Crippen molar-refractivity contribution in [3.63, 3.8) is 0 Å². The van der Waals surface area contributed by atoms with E-state index in [1.54, 1.807) is 35.3 Å². The lowest BCUT2D eigenvalue weighted by atomic mass is 9.91. The van der Waals surface area contributed by atoms with Gasteiger partial charge in [-0.2, -0.15) is 31.4 Å². The first-order valence-corrected chi connectivity index (χ1v) is 10.2. The lowest BCUT2D eigenvalue weighted by molar-refractivity contribution is -0.308. The minimum absolute atomic E-state index is 0.106. The van der Waals surface area contributed by atoms with Crippen molar-refractivity contribution in [1.82, 2.24) is 19.7 Å². The Morgan fingerprint density at radius 3 is 2.32 bits per heavy atom. The molecule has 4 rings (SSSR count). The molecule has 1 saturated heterocycles. The monoisotopic (exact) mass is 491 g/mol. The summed E-state index contributed by atoms with van der Waals surface area (Å²) in [6.07, 6.45) is -11.6. The Labute approximate surface area is 188 Å². The number of carbonyl (C=O) groups excluding carboxylic acids is 2. The van der Waals surface area contributed by atoms with Crippen LogP contribution in [-0.2, 0) is 9.53 Å². The minimum Gasteiger partial charge on any atom is -0.426 e. The van der Waals surface area contributed by atoms with Crippen LogP contribution in [0.3, 0.4) is 0 Å². The molecule has 1 spiro atoms. The molecule has 34 heavy (non-hydrogen) atoms. The number of likely N-dealkylation sites (tertiary alicyclic amines) is 1. The van der Waals surface area contributed by atoms with E-state index in [2.05, 4.69) is 20.1 Å². The number of nitrogens with zero attached hydrogens (tertiary/aromatic N) is 4. The van der Waals surface area contributed by atoms with Crippen LogP contribution in [0, 0.1) is 11.3 Å². The van der Waals surface area contributed by atoms with E-state index in [-0.39, 0.29) is 37.8 Å². The first-order valence-electron chi connectivity index (χ1n) is 10.2. The largest absolute Gasteiger partial charge is 0.434 e. The number of hydrogen-bond acceptors (Lipinski definition) is 5. The summed E-state index contributed by atoms with van der Waals surface area (Å²) in [4.78, 5) is 29.6. The fourth-order valence-corrected chi connectivity index (χ4v) is 4.13. The molecule has 2 fully saturated rings. The number of piperidine rings is 1. The lowest BCUT2D eigenvalue weighted by Gasteiger charge is -2.33. The van der Waals surface area contributed by atoms with E-state index < -0.39 is 30.0 Å². The molecule has 184 valence electrons. The van der Waals surface area contributed by atoms with Gasteiger partial charge < -0.3 is 15.0 Å². The second kappa shape index (κ2) is 8.47. The molecule has 14 heteroatoms. The summed E-state index contributed by atoms with van der Waals surface area (Å²) in [5.74, 6) is -0.0862. The van der Waals surface area contributed by atoms with Crippen molar-refractivity contribution in [2.75, 3.05) is 18.4 Å². The number of aromatic nitrogens is 3. The summed E-state index contributed by atoms with van der Waals surface area (Å²) < 4.78 is 81.0. The van der Waals surface area contributed by atoms with Crippen LogP contribution in [0.2, 0.25) is 0 Å². The number of hydrogen-bond donors (Lipinski definition) is 1. The second-order valence-corrected chi connectivity index (χ2v) is 8.30. The highest BCUT2D eigenvalue weighted by molar-refractivity contribution is 5.95. The highest BCUT2D eigenvalue weighted by Crippen LogP contribution is 2.59. The van der Waals surface area contributed by atoms with Gasteiger partial charge in [-0.1, -0.05) is 0 Å². The van der Waals surface area contributed by atoms with Crippen LogP contribution < -0.4 is 5.32 Å². The van der Waals surface area contributed by atoms with Gasteiger partial charge >= 0.3 is 18.4 Å². The maximum atomic E-state index is 12.6. The number of carbonyl (C=O) groups is 2. The zero-order valence-electron chi connectivity index (χ0n) is 17.4. The van der Waals surface area contributed by atoms with Crippen molar-refractivity contribution in [1.29, 1.82) is 0 Å². The van der Waals surface area contributed by atoms with Gasteiger partial charge in [-0.25, -0.2) is 14.5 Å². The van der Waals surface area contributed by atoms with E-state index in [4.69, 9.17) is 0 Å². The van der Waals surface area contributed by atoms with Crippen LogP contribution in [-0.4, -0.2) is 63.2 Å². The number of amides is 2. The zero-order valence-corrected chi connectivity index (χ0v) is 17.4. The third-order valence-electron chi connectivity index (χ3n) is 6.09. The number of anilines is 1. The molecule has 1 aliphatic carbocycles. The van der Waals surface area contributed by atoms with Gasteiger partial charge in [0.15, 0.2) is 5.82 Å². The predicted molar refractivity (Wildman–Crippen MR) is 104 cm³/mol. The molecular formula is C20H19F6N5O3. The van der Waals surface area contributed by atoms with Crippen LogP contribution in [0.4, 0.5) is 36.8 Å². The summed E-state index contributed by atoms with van der Waals surface area (Å²) in [6, 6.07) is 5.07. The zero-order chi connectivity index (χ0) is 24.7. The first-order chi connectivity index (χ1) is 15.9. The van der Waals surface area contributed by atoms with Gasteiger partial charge in [0.05, 0.1) is 11.9 Å². The molecule has 0 bridgehead atoms.